The second-order valence-corrected chi connectivity index (χ2v) is 5.06. The molecule has 1 aromatic carbocycles. The number of carbonyl (C=O) groups excluding carboxylic acids is 1. The molecule has 3 rings (SSSR count). The molecule has 2 aliphatic rings. The van der Waals surface area contributed by atoms with E-state index in [0.717, 1.165) is 30.0 Å². The molecule has 2 saturated carbocycles. The minimum atomic E-state index is -0.353. The van der Waals surface area contributed by atoms with E-state index in [1.54, 1.807) is 6.07 Å². The van der Waals surface area contributed by atoms with E-state index in [4.69, 9.17) is 11.5 Å². The zero-order chi connectivity index (χ0) is 11.3. The van der Waals surface area contributed by atoms with Gasteiger partial charge in [-0.05, 0) is 49.3 Å². The lowest BCUT2D eigenvalue weighted by atomic mass is 9.85. The molecular weight excluding hydrogens is 200 g/mol. The van der Waals surface area contributed by atoms with Gasteiger partial charge in [-0.1, -0.05) is 6.07 Å². The average Bonchev–Trinajstić information content (AvgIpc) is 3.10. The quantitative estimate of drug-likeness (QED) is 0.756. The van der Waals surface area contributed by atoms with Crippen molar-refractivity contribution in [1.82, 2.24) is 0 Å². The van der Waals surface area contributed by atoms with E-state index in [-0.39, 0.29) is 11.3 Å². The van der Waals surface area contributed by atoms with Gasteiger partial charge in [0.05, 0.1) is 0 Å². The van der Waals surface area contributed by atoms with Crippen LogP contribution in [0.4, 0.5) is 5.69 Å². The van der Waals surface area contributed by atoms with E-state index in [9.17, 15) is 4.79 Å². The average molecular weight is 216 g/mol. The molecule has 0 atom stereocenters. The van der Waals surface area contributed by atoms with Gasteiger partial charge in [0.25, 0.3) is 0 Å². The van der Waals surface area contributed by atoms with E-state index < -0.39 is 0 Å². The number of anilines is 1. The standard InChI is InChI=1S/C13H16N2O/c14-10-3-1-2-9(12(15)16)11(10)13(6-7-13)8-4-5-8/h1-3,8H,4-7,14H2,(H2,15,16). The first-order chi connectivity index (χ1) is 7.65. The highest BCUT2D eigenvalue weighted by Crippen LogP contribution is 2.63. The van der Waals surface area contributed by atoms with Gasteiger partial charge in [-0.15, -0.1) is 0 Å². The number of benzene rings is 1. The lowest BCUT2D eigenvalue weighted by Crippen LogP contribution is -2.21. The number of hydrogen-bond donors (Lipinski definition) is 2. The molecule has 0 unspecified atom stereocenters. The monoisotopic (exact) mass is 216 g/mol. The highest BCUT2D eigenvalue weighted by Gasteiger charge is 2.56. The summed E-state index contributed by atoms with van der Waals surface area (Å²) >= 11 is 0. The summed E-state index contributed by atoms with van der Waals surface area (Å²) in [4.78, 5) is 11.5. The van der Waals surface area contributed by atoms with E-state index in [2.05, 4.69) is 0 Å². The normalized spacial score (nSPS) is 21.8. The van der Waals surface area contributed by atoms with E-state index in [1.807, 2.05) is 12.1 Å². The number of rotatable bonds is 3. The van der Waals surface area contributed by atoms with Crippen molar-refractivity contribution in [3.8, 4) is 0 Å². The van der Waals surface area contributed by atoms with Gasteiger partial charge in [-0.2, -0.15) is 0 Å². The minimum absolute atomic E-state index is 0.190. The van der Waals surface area contributed by atoms with Crippen molar-refractivity contribution < 1.29 is 4.79 Å². The van der Waals surface area contributed by atoms with Crippen LogP contribution < -0.4 is 11.5 Å². The Morgan fingerprint density at radius 1 is 1.31 bits per heavy atom. The Bertz CT molecular complexity index is 459. The fourth-order valence-electron chi connectivity index (χ4n) is 2.96. The van der Waals surface area contributed by atoms with E-state index in [0.29, 0.717) is 5.56 Å². The molecule has 1 aromatic rings. The van der Waals surface area contributed by atoms with E-state index >= 15 is 0 Å². The zero-order valence-corrected chi connectivity index (χ0v) is 9.20. The predicted octanol–water partition coefficient (Wildman–Crippen LogP) is 1.81. The highest BCUT2D eigenvalue weighted by molar-refractivity contribution is 5.96. The van der Waals surface area contributed by atoms with Crippen molar-refractivity contribution in [2.45, 2.75) is 31.1 Å². The molecule has 2 fully saturated rings. The smallest absolute Gasteiger partial charge is 0.249 e. The third kappa shape index (κ3) is 1.24. The van der Waals surface area contributed by atoms with Crippen LogP contribution in [0, 0.1) is 5.92 Å². The van der Waals surface area contributed by atoms with Crippen LogP contribution in [-0.2, 0) is 5.41 Å². The summed E-state index contributed by atoms with van der Waals surface area (Å²) in [5.74, 6) is 0.379. The van der Waals surface area contributed by atoms with Crippen molar-refractivity contribution >= 4 is 11.6 Å². The van der Waals surface area contributed by atoms with Crippen molar-refractivity contribution in [3.05, 3.63) is 29.3 Å². The molecule has 0 radical (unpaired) electrons. The molecule has 0 saturated heterocycles. The second kappa shape index (κ2) is 3.00. The van der Waals surface area contributed by atoms with Crippen LogP contribution in [-0.4, -0.2) is 5.91 Å². The number of hydrogen-bond acceptors (Lipinski definition) is 2. The molecule has 16 heavy (non-hydrogen) atoms. The number of nitrogen functional groups attached to an aromatic ring is 1. The summed E-state index contributed by atoms with van der Waals surface area (Å²) in [5.41, 5.74) is 14.1. The Labute approximate surface area is 94.8 Å². The Balaban J connectivity index is 2.14. The maximum absolute atomic E-state index is 11.5. The third-order valence-corrected chi connectivity index (χ3v) is 4.01. The fourth-order valence-corrected chi connectivity index (χ4v) is 2.96. The van der Waals surface area contributed by atoms with Gasteiger partial charge in [0, 0.05) is 16.7 Å². The SMILES string of the molecule is NC(=O)c1cccc(N)c1C1(C2CC2)CC1. The fraction of sp³-hybridized carbons (Fsp3) is 0.462. The molecule has 4 N–H and O–H groups in total. The van der Waals surface area contributed by atoms with Crippen molar-refractivity contribution in [2.75, 3.05) is 5.73 Å². The lowest BCUT2D eigenvalue weighted by molar-refractivity contribution is 0.0998. The first-order valence-electron chi connectivity index (χ1n) is 5.84. The summed E-state index contributed by atoms with van der Waals surface area (Å²) in [7, 11) is 0. The highest BCUT2D eigenvalue weighted by atomic mass is 16.1. The zero-order valence-electron chi connectivity index (χ0n) is 9.20. The first kappa shape index (κ1) is 9.70. The largest absolute Gasteiger partial charge is 0.398 e. The van der Waals surface area contributed by atoms with Gasteiger partial charge < -0.3 is 11.5 Å². The summed E-state index contributed by atoms with van der Waals surface area (Å²) in [6, 6.07) is 5.49. The summed E-state index contributed by atoms with van der Waals surface area (Å²) in [5, 5.41) is 0. The predicted molar refractivity (Wildman–Crippen MR) is 63.0 cm³/mol. The maximum Gasteiger partial charge on any atom is 0.249 e. The lowest BCUT2D eigenvalue weighted by Gasteiger charge is -2.20. The third-order valence-electron chi connectivity index (χ3n) is 4.01. The van der Waals surface area contributed by atoms with Gasteiger partial charge in [-0.25, -0.2) is 0 Å². The van der Waals surface area contributed by atoms with Crippen LogP contribution in [0.15, 0.2) is 18.2 Å². The maximum atomic E-state index is 11.5. The minimum Gasteiger partial charge on any atom is -0.398 e. The van der Waals surface area contributed by atoms with Gasteiger partial charge in [0.15, 0.2) is 0 Å². The number of nitrogens with two attached hydrogens (primary N) is 2. The topological polar surface area (TPSA) is 69.1 Å². The number of primary amides is 1. The van der Waals surface area contributed by atoms with Crippen LogP contribution in [0.2, 0.25) is 0 Å². The Kier molecular flexibility index (Phi) is 1.82. The van der Waals surface area contributed by atoms with Crippen LogP contribution in [0.5, 0.6) is 0 Å². The first-order valence-corrected chi connectivity index (χ1v) is 5.84. The summed E-state index contributed by atoms with van der Waals surface area (Å²) < 4.78 is 0. The van der Waals surface area contributed by atoms with Gasteiger partial charge in [-0.3, -0.25) is 4.79 Å². The Morgan fingerprint density at radius 2 is 2.00 bits per heavy atom. The van der Waals surface area contributed by atoms with Crippen molar-refractivity contribution in [2.24, 2.45) is 11.7 Å². The molecule has 3 nitrogen and oxygen atoms in total. The molecule has 0 heterocycles. The number of carbonyl (C=O) groups is 1. The molecule has 84 valence electrons. The van der Waals surface area contributed by atoms with Crippen molar-refractivity contribution in [3.63, 3.8) is 0 Å². The molecule has 0 bridgehead atoms. The van der Waals surface area contributed by atoms with Gasteiger partial charge in [0.2, 0.25) is 5.91 Å². The van der Waals surface area contributed by atoms with Crippen molar-refractivity contribution in [1.29, 1.82) is 0 Å². The Morgan fingerprint density at radius 3 is 2.50 bits per heavy atom. The van der Waals surface area contributed by atoms with Gasteiger partial charge in [0.1, 0.15) is 0 Å². The molecule has 0 aromatic heterocycles. The molecule has 0 aliphatic heterocycles. The summed E-state index contributed by atoms with van der Waals surface area (Å²) in [6.07, 6.45) is 4.86. The summed E-state index contributed by atoms with van der Waals surface area (Å²) in [6.45, 7) is 0. The van der Waals surface area contributed by atoms with Crippen LogP contribution in [0.25, 0.3) is 0 Å². The van der Waals surface area contributed by atoms with Crippen LogP contribution in [0.3, 0.4) is 0 Å². The number of amides is 1. The molecule has 0 spiro atoms. The van der Waals surface area contributed by atoms with Crippen LogP contribution >= 0.6 is 0 Å². The molecule has 3 heteroatoms. The molecule has 2 aliphatic carbocycles. The molecule has 1 amide bonds. The van der Waals surface area contributed by atoms with Gasteiger partial charge >= 0.3 is 0 Å². The van der Waals surface area contributed by atoms with Crippen LogP contribution in [0.1, 0.15) is 41.6 Å². The second-order valence-electron chi connectivity index (χ2n) is 5.06. The Hall–Kier alpha value is -1.51. The molecular formula is C13H16N2O. The van der Waals surface area contributed by atoms with E-state index in [1.165, 1.54) is 12.8 Å².